The summed E-state index contributed by atoms with van der Waals surface area (Å²) in [6, 6.07) is 5.29. The van der Waals surface area contributed by atoms with E-state index in [0.29, 0.717) is 16.9 Å². The first-order chi connectivity index (χ1) is 7.36. The van der Waals surface area contributed by atoms with Gasteiger partial charge in [0.15, 0.2) is 0 Å². The highest BCUT2D eigenvalue weighted by atomic mass is 16.5. The number of carbonyl (C=O) groups excluding carboxylic acids is 1. The first-order valence-corrected chi connectivity index (χ1v) is 5.10. The van der Waals surface area contributed by atoms with Gasteiger partial charge in [-0.1, -0.05) is 26.8 Å². The van der Waals surface area contributed by atoms with Gasteiger partial charge in [-0.05, 0) is 17.6 Å². The predicted octanol–water partition coefficient (Wildman–Crippen LogP) is 1.47. The molecule has 0 aliphatic heterocycles. The molecule has 0 fully saturated rings. The van der Waals surface area contributed by atoms with Crippen LogP contribution in [-0.4, -0.2) is 20.9 Å². The number of nitrogens with one attached hydrogen (secondary N) is 1. The average Bonchev–Trinajstić information content (AvgIpc) is 2.19. The van der Waals surface area contributed by atoms with Crippen LogP contribution in [0, 0.1) is 5.41 Å². The molecule has 0 bridgehead atoms. The van der Waals surface area contributed by atoms with Gasteiger partial charge < -0.3 is 10.1 Å². The van der Waals surface area contributed by atoms with Crippen LogP contribution < -0.4 is 15.5 Å². The van der Waals surface area contributed by atoms with E-state index in [-0.39, 0.29) is 5.91 Å². The Morgan fingerprint density at radius 2 is 2.00 bits per heavy atom. The van der Waals surface area contributed by atoms with Crippen LogP contribution in [0.25, 0.3) is 0 Å². The third-order valence-corrected chi connectivity index (χ3v) is 2.22. The van der Waals surface area contributed by atoms with Crippen LogP contribution in [0.15, 0.2) is 18.2 Å². The average molecular weight is 217 g/mol. The highest BCUT2D eigenvalue weighted by Gasteiger charge is 2.21. The minimum Gasteiger partial charge on any atom is -0.497 e. The molecular weight excluding hydrogens is 201 g/mol. The Bertz CT molecular complexity index is 396. The lowest BCUT2D eigenvalue weighted by atomic mass is 9.91. The minimum atomic E-state index is -0.449. The van der Waals surface area contributed by atoms with Crippen LogP contribution in [-0.2, 0) is 4.79 Å². The van der Waals surface area contributed by atoms with Crippen molar-refractivity contribution in [3.8, 4) is 5.75 Å². The molecule has 0 aromatic heterocycles. The number of hydrogen-bond donors (Lipinski definition) is 1. The zero-order valence-electron chi connectivity index (χ0n) is 10.1. The van der Waals surface area contributed by atoms with E-state index >= 15 is 0 Å². The maximum absolute atomic E-state index is 11.8. The van der Waals surface area contributed by atoms with Gasteiger partial charge in [0.25, 0.3) is 0 Å². The van der Waals surface area contributed by atoms with Crippen LogP contribution >= 0.6 is 0 Å². The molecule has 0 heterocycles. The fraction of sp³-hybridized carbons (Fsp3) is 0.417. The van der Waals surface area contributed by atoms with Crippen LogP contribution in [0.3, 0.4) is 0 Å². The Labute approximate surface area is 97.6 Å². The molecule has 2 radical (unpaired) electrons. The molecule has 1 amide bonds. The van der Waals surface area contributed by atoms with Crippen LogP contribution in [0.2, 0.25) is 0 Å². The quantitative estimate of drug-likeness (QED) is 0.762. The standard InChI is InChI=1S/C12H16BNO2/c1-12(2,3)11(15)14-8-6-5-7-9(16-4)10(8)13/h5-7H,1-4H3,(H,14,15). The smallest absolute Gasteiger partial charge is 0.229 e. The maximum Gasteiger partial charge on any atom is 0.229 e. The van der Waals surface area contributed by atoms with Crippen molar-refractivity contribution in [3.05, 3.63) is 18.2 Å². The highest BCUT2D eigenvalue weighted by Crippen LogP contribution is 2.18. The number of hydrogen-bond acceptors (Lipinski definition) is 2. The topological polar surface area (TPSA) is 38.3 Å². The Morgan fingerprint density at radius 1 is 1.38 bits per heavy atom. The van der Waals surface area contributed by atoms with E-state index in [9.17, 15) is 4.79 Å². The van der Waals surface area contributed by atoms with Gasteiger partial charge in [-0.2, -0.15) is 0 Å². The zero-order valence-corrected chi connectivity index (χ0v) is 10.1. The van der Waals surface area contributed by atoms with Gasteiger partial charge >= 0.3 is 0 Å². The molecule has 1 aromatic rings. The second kappa shape index (κ2) is 4.60. The van der Waals surface area contributed by atoms with Crippen molar-refractivity contribution in [1.82, 2.24) is 0 Å². The molecule has 3 nitrogen and oxygen atoms in total. The van der Waals surface area contributed by atoms with Crippen LogP contribution in [0.4, 0.5) is 5.69 Å². The summed E-state index contributed by atoms with van der Waals surface area (Å²) in [6.07, 6.45) is 0. The first-order valence-electron chi connectivity index (χ1n) is 5.10. The van der Waals surface area contributed by atoms with Gasteiger partial charge in [-0.25, -0.2) is 0 Å². The molecule has 4 heteroatoms. The molecule has 1 aromatic carbocycles. The Morgan fingerprint density at radius 3 is 2.50 bits per heavy atom. The molecule has 1 N–H and O–H groups in total. The summed E-state index contributed by atoms with van der Waals surface area (Å²) in [4.78, 5) is 11.8. The van der Waals surface area contributed by atoms with Crippen molar-refractivity contribution in [2.24, 2.45) is 5.41 Å². The number of methoxy groups -OCH3 is 1. The van der Waals surface area contributed by atoms with E-state index in [1.165, 1.54) is 0 Å². The lowest BCUT2D eigenvalue weighted by Crippen LogP contribution is -2.30. The molecule has 0 spiro atoms. The molecular formula is C12H16BNO2. The molecule has 0 aliphatic carbocycles. The minimum absolute atomic E-state index is 0.0764. The Balaban J connectivity index is 2.94. The van der Waals surface area contributed by atoms with E-state index in [1.54, 1.807) is 25.3 Å². The van der Waals surface area contributed by atoms with Gasteiger partial charge in [0.2, 0.25) is 5.91 Å². The highest BCUT2D eigenvalue weighted by molar-refractivity contribution is 6.38. The normalized spacial score (nSPS) is 11.0. The third kappa shape index (κ3) is 2.78. The first kappa shape index (κ1) is 12.6. The summed E-state index contributed by atoms with van der Waals surface area (Å²) in [5.74, 6) is 0.485. The van der Waals surface area contributed by atoms with Crippen LogP contribution in [0.5, 0.6) is 5.75 Å². The van der Waals surface area contributed by atoms with Crippen molar-refractivity contribution in [2.45, 2.75) is 20.8 Å². The molecule has 0 saturated carbocycles. The van der Waals surface area contributed by atoms with Crippen molar-refractivity contribution >= 4 is 24.9 Å². The fourth-order valence-corrected chi connectivity index (χ4v) is 1.14. The fourth-order valence-electron chi connectivity index (χ4n) is 1.14. The molecule has 0 saturated heterocycles. The van der Waals surface area contributed by atoms with E-state index in [2.05, 4.69) is 5.32 Å². The Kier molecular flexibility index (Phi) is 3.63. The number of benzene rings is 1. The SMILES string of the molecule is [B]c1c(NC(=O)C(C)(C)C)cccc1OC. The molecule has 0 unspecified atom stereocenters. The lowest BCUT2D eigenvalue weighted by molar-refractivity contribution is -0.123. The van der Waals surface area contributed by atoms with Crippen molar-refractivity contribution in [1.29, 1.82) is 0 Å². The van der Waals surface area contributed by atoms with E-state index < -0.39 is 5.41 Å². The monoisotopic (exact) mass is 217 g/mol. The van der Waals surface area contributed by atoms with Crippen molar-refractivity contribution in [2.75, 3.05) is 12.4 Å². The number of rotatable bonds is 2. The van der Waals surface area contributed by atoms with Crippen molar-refractivity contribution in [3.63, 3.8) is 0 Å². The summed E-state index contributed by atoms with van der Waals surface area (Å²) in [5.41, 5.74) is 0.581. The van der Waals surface area contributed by atoms with E-state index in [1.807, 2.05) is 20.8 Å². The molecule has 0 atom stereocenters. The number of anilines is 1. The third-order valence-electron chi connectivity index (χ3n) is 2.22. The summed E-state index contributed by atoms with van der Waals surface area (Å²) >= 11 is 0. The second-order valence-electron chi connectivity index (χ2n) is 4.63. The molecule has 1 rings (SSSR count). The summed E-state index contributed by atoms with van der Waals surface area (Å²) in [5, 5.41) is 2.78. The van der Waals surface area contributed by atoms with E-state index in [0.717, 1.165) is 0 Å². The number of carbonyl (C=O) groups is 1. The van der Waals surface area contributed by atoms with Crippen LogP contribution in [0.1, 0.15) is 20.8 Å². The van der Waals surface area contributed by atoms with Gasteiger partial charge in [0.1, 0.15) is 13.6 Å². The Hall–Kier alpha value is -1.45. The molecule has 0 aliphatic rings. The van der Waals surface area contributed by atoms with Gasteiger partial charge in [0, 0.05) is 11.1 Å². The van der Waals surface area contributed by atoms with Gasteiger partial charge in [-0.3, -0.25) is 4.79 Å². The summed E-state index contributed by atoms with van der Waals surface area (Å²) in [7, 11) is 7.39. The largest absolute Gasteiger partial charge is 0.497 e. The second-order valence-corrected chi connectivity index (χ2v) is 4.63. The van der Waals surface area contributed by atoms with Crippen molar-refractivity contribution < 1.29 is 9.53 Å². The summed E-state index contributed by atoms with van der Waals surface area (Å²) < 4.78 is 5.08. The number of amides is 1. The number of ether oxygens (including phenoxy) is 1. The lowest BCUT2D eigenvalue weighted by Gasteiger charge is -2.19. The van der Waals surface area contributed by atoms with Gasteiger partial charge in [0.05, 0.1) is 7.11 Å². The predicted molar refractivity (Wildman–Crippen MR) is 66.5 cm³/mol. The van der Waals surface area contributed by atoms with Gasteiger partial charge in [-0.15, -0.1) is 0 Å². The summed E-state index contributed by atoms with van der Waals surface area (Å²) in [6.45, 7) is 5.54. The van der Waals surface area contributed by atoms with E-state index in [4.69, 9.17) is 12.6 Å². The molecule has 16 heavy (non-hydrogen) atoms. The maximum atomic E-state index is 11.8. The molecule has 84 valence electrons. The zero-order chi connectivity index (χ0) is 12.3.